The van der Waals surface area contributed by atoms with Crippen LogP contribution in [0.4, 0.5) is 18.9 Å². The molecule has 4 aromatic rings. The molecule has 0 radical (unpaired) electrons. The molecule has 0 spiro atoms. The normalized spacial score (nSPS) is 13.1. The van der Waals surface area contributed by atoms with Crippen molar-refractivity contribution in [3.8, 4) is 22.3 Å². The zero-order valence-electron chi connectivity index (χ0n) is 24.8. The predicted octanol–water partition coefficient (Wildman–Crippen LogP) is 5.93. The summed E-state index contributed by atoms with van der Waals surface area (Å²) in [6.45, 7) is 10.1. The fourth-order valence-corrected chi connectivity index (χ4v) is 5.20. The number of anilines is 1. The van der Waals surface area contributed by atoms with Gasteiger partial charge in [0.15, 0.2) is 0 Å². The lowest BCUT2D eigenvalue weighted by Gasteiger charge is -2.23. The highest BCUT2D eigenvalue weighted by Gasteiger charge is 2.30. The minimum atomic E-state index is -4.49. The summed E-state index contributed by atoms with van der Waals surface area (Å²) in [4.78, 5) is 21.8. The molecule has 226 valence electrons. The summed E-state index contributed by atoms with van der Waals surface area (Å²) in [6.07, 6.45) is 6.24. The van der Waals surface area contributed by atoms with Crippen LogP contribution in [0, 0.1) is 5.92 Å². The van der Waals surface area contributed by atoms with E-state index in [2.05, 4.69) is 41.1 Å². The van der Waals surface area contributed by atoms with Crippen LogP contribution >= 0.6 is 0 Å². The molecule has 0 saturated carbocycles. The summed E-state index contributed by atoms with van der Waals surface area (Å²) < 4.78 is 47.8. The second kappa shape index (κ2) is 12.7. The molecule has 4 heterocycles. The molecule has 0 aliphatic rings. The number of aromatic nitrogens is 5. The second-order valence-corrected chi connectivity index (χ2v) is 17.6. The number of pyridine rings is 2. The molecule has 4 aromatic heterocycles. The second-order valence-electron chi connectivity index (χ2n) is 12.0. The quantitative estimate of drug-likeness (QED) is 0.154. The van der Waals surface area contributed by atoms with E-state index in [0.29, 0.717) is 19.0 Å². The summed E-state index contributed by atoms with van der Waals surface area (Å²) in [7, 11) is 0.607. The van der Waals surface area contributed by atoms with Gasteiger partial charge in [-0.05, 0) is 24.1 Å². The number of hydrogen-bond donors (Lipinski definition) is 2. The predicted molar refractivity (Wildman–Crippen MR) is 161 cm³/mol. The van der Waals surface area contributed by atoms with E-state index in [-0.39, 0.29) is 5.92 Å². The van der Waals surface area contributed by atoms with Crippen molar-refractivity contribution in [1.82, 2.24) is 29.6 Å². The Morgan fingerprint density at radius 2 is 1.81 bits per heavy atom. The van der Waals surface area contributed by atoms with Crippen molar-refractivity contribution in [2.75, 3.05) is 18.5 Å². The smallest absolute Gasteiger partial charge is 0.372 e. The third-order valence-electron chi connectivity index (χ3n) is 6.76. The molecule has 1 atom stereocenters. The Morgan fingerprint density at radius 3 is 2.45 bits per heavy atom. The Kier molecular flexibility index (Phi) is 9.41. The van der Waals surface area contributed by atoms with Crippen molar-refractivity contribution >= 4 is 30.7 Å². The average Bonchev–Trinajstić information content (AvgIpc) is 3.50. The summed E-state index contributed by atoms with van der Waals surface area (Å²) in [5.74, 6) is -1.01. The Bertz CT molecular complexity index is 1530. The van der Waals surface area contributed by atoms with Crippen LogP contribution in [0.15, 0.2) is 49.3 Å². The molecule has 2 N–H and O–H groups in total. The highest BCUT2D eigenvalue weighted by Crippen LogP contribution is 2.33. The highest BCUT2D eigenvalue weighted by atomic mass is 28.3. The minimum Gasteiger partial charge on any atom is -0.372 e. The first kappa shape index (κ1) is 31.2. The van der Waals surface area contributed by atoms with Crippen LogP contribution in [0.2, 0.25) is 25.7 Å². The molecule has 0 aliphatic carbocycles. The topological polar surface area (TPSA) is 98.9 Å². The van der Waals surface area contributed by atoms with E-state index < -0.39 is 32.7 Å². The molecule has 9 nitrogen and oxygen atoms in total. The molecule has 0 bridgehead atoms. The number of rotatable bonds is 12. The van der Waals surface area contributed by atoms with Crippen LogP contribution in [0.1, 0.15) is 13.8 Å². The van der Waals surface area contributed by atoms with Crippen molar-refractivity contribution < 1.29 is 22.7 Å². The van der Waals surface area contributed by atoms with Crippen LogP contribution in [0.3, 0.4) is 0 Å². The van der Waals surface area contributed by atoms with Gasteiger partial charge in [-0.3, -0.25) is 14.5 Å². The van der Waals surface area contributed by atoms with Crippen LogP contribution < -0.4 is 10.6 Å². The maximum atomic E-state index is 12.7. The molecule has 4 rings (SSSR count). The number of halogens is 3. The maximum Gasteiger partial charge on any atom is 0.405 e. The Hall–Kier alpha value is -3.71. The number of hydrogen-bond acceptors (Lipinski definition) is 6. The van der Waals surface area contributed by atoms with Gasteiger partial charge < -0.3 is 19.9 Å². The molecule has 0 saturated heterocycles. The van der Waals surface area contributed by atoms with Crippen LogP contribution in [0.25, 0.3) is 33.3 Å². The SMILES string of the molecule is CC(C)[C@H](Nc1cncc(-c2cn(COCC[Si](C)(C)C)c3ncc(-c4cnn(C)c4)cc23)c1)C(=O)NCC(F)(F)F. The molecule has 1 amide bonds. The zero-order chi connectivity index (χ0) is 30.7. The molecule has 0 aromatic carbocycles. The van der Waals surface area contributed by atoms with Gasteiger partial charge in [-0.1, -0.05) is 33.5 Å². The largest absolute Gasteiger partial charge is 0.405 e. The van der Waals surface area contributed by atoms with Gasteiger partial charge in [0.05, 0.1) is 11.9 Å². The molecular formula is C29H38F3N7O2Si. The molecule has 13 heteroatoms. The first-order valence-corrected chi connectivity index (χ1v) is 17.5. The van der Waals surface area contributed by atoms with Crippen molar-refractivity contribution in [2.45, 2.75) is 58.5 Å². The standard InChI is InChI=1S/C29H38F3N7O2Si/c1-19(2)26(28(40)35-17-29(30,31)32)37-23-9-21(11-33-14-23)25-16-39(18-41-7-8-42(4,5)6)27-24(25)10-20(12-34-27)22-13-36-38(3)15-22/h9-16,19,26,37H,7-8,17-18H2,1-6H3,(H,35,40)/t26-/m0/s1. The minimum absolute atomic E-state index is 0.275. The molecule has 0 aliphatic heterocycles. The van der Waals surface area contributed by atoms with Crippen LogP contribution in [-0.2, 0) is 23.3 Å². The van der Waals surface area contributed by atoms with E-state index in [1.807, 2.05) is 41.6 Å². The van der Waals surface area contributed by atoms with E-state index in [4.69, 9.17) is 9.72 Å². The average molecular weight is 602 g/mol. The van der Waals surface area contributed by atoms with Gasteiger partial charge in [0.25, 0.3) is 0 Å². The lowest BCUT2D eigenvalue weighted by Crippen LogP contribution is -2.46. The maximum absolute atomic E-state index is 12.7. The summed E-state index contributed by atoms with van der Waals surface area (Å²) >= 11 is 0. The fourth-order valence-electron chi connectivity index (χ4n) is 4.45. The first-order chi connectivity index (χ1) is 19.7. The number of amides is 1. The van der Waals surface area contributed by atoms with Crippen molar-refractivity contribution in [3.63, 3.8) is 0 Å². The monoisotopic (exact) mass is 601 g/mol. The number of fused-ring (bicyclic) bond motifs is 1. The zero-order valence-corrected chi connectivity index (χ0v) is 25.8. The Labute approximate surface area is 244 Å². The summed E-state index contributed by atoms with van der Waals surface area (Å²) in [5, 5.41) is 10.2. The van der Waals surface area contributed by atoms with E-state index in [9.17, 15) is 18.0 Å². The van der Waals surface area contributed by atoms with E-state index in [1.165, 1.54) is 0 Å². The highest BCUT2D eigenvalue weighted by molar-refractivity contribution is 6.76. The summed E-state index contributed by atoms with van der Waals surface area (Å²) in [5.41, 5.74) is 4.70. The number of ether oxygens (including phenoxy) is 1. The van der Waals surface area contributed by atoms with Gasteiger partial charge in [0.2, 0.25) is 5.91 Å². The number of nitrogens with zero attached hydrogens (tertiary/aromatic N) is 5. The van der Waals surface area contributed by atoms with Gasteiger partial charge in [-0.15, -0.1) is 0 Å². The van der Waals surface area contributed by atoms with Crippen molar-refractivity contribution in [3.05, 3.63) is 49.3 Å². The van der Waals surface area contributed by atoms with Crippen molar-refractivity contribution in [2.24, 2.45) is 13.0 Å². The molecular weight excluding hydrogens is 563 g/mol. The van der Waals surface area contributed by atoms with E-state index >= 15 is 0 Å². The Morgan fingerprint density at radius 1 is 1.05 bits per heavy atom. The van der Waals surface area contributed by atoms with Gasteiger partial charge in [0, 0.05) is 80.4 Å². The lowest BCUT2D eigenvalue weighted by molar-refractivity contribution is -0.139. The molecule has 0 fully saturated rings. The van der Waals surface area contributed by atoms with Gasteiger partial charge in [-0.25, -0.2) is 4.98 Å². The number of aryl methyl sites for hydroxylation is 1. The number of carbonyl (C=O) groups is 1. The molecule has 42 heavy (non-hydrogen) atoms. The van der Waals surface area contributed by atoms with Gasteiger partial charge in [0.1, 0.15) is 25.0 Å². The van der Waals surface area contributed by atoms with Crippen LogP contribution in [0.5, 0.6) is 0 Å². The van der Waals surface area contributed by atoms with E-state index in [0.717, 1.165) is 39.3 Å². The number of alkyl halides is 3. The third-order valence-corrected chi connectivity index (χ3v) is 8.47. The number of carbonyl (C=O) groups excluding carboxylic acids is 1. The van der Waals surface area contributed by atoms with Crippen LogP contribution in [-0.4, -0.2) is 63.7 Å². The summed E-state index contributed by atoms with van der Waals surface area (Å²) in [6, 6.07) is 4.04. The van der Waals surface area contributed by atoms with Crippen molar-refractivity contribution in [1.29, 1.82) is 0 Å². The first-order valence-electron chi connectivity index (χ1n) is 13.8. The third kappa shape index (κ3) is 8.19. The Balaban J connectivity index is 1.67. The fraction of sp³-hybridized carbons (Fsp3) is 0.448. The lowest BCUT2D eigenvalue weighted by atomic mass is 10.0. The van der Waals surface area contributed by atoms with Gasteiger partial charge in [-0.2, -0.15) is 18.3 Å². The number of nitrogens with one attached hydrogen (secondary N) is 2. The molecule has 0 unspecified atom stereocenters. The van der Waals surface area contributed by atoms with E-state index in [1.54, 1.807) is 37.1 Å². The van der Waals surface area contributed by atoms with Gasteiger partial charge >= 0.3 is 6.18 Å².